The first-order chi connectivity index (χ1) is 7.07. The average molecular weight is 233 g/mol. The SMILES string of the molecule is O=S1(=O)CCCC(NC2CCCC2O)C1. The molecule has 88 valence electrons. The van der Waals surface area contributed by atoms with E-state index in [2.05, 4.69) is 5.32 Å². The van der Waals surface area contributed by atoms with Gasteiger partial charge in [-0.05, 0) is 32.1 Å². The summed E-state index contributed by atoms with van der Waals surface area (Å²) in [5.41, 5.74) is 0. The first-order valence-corrected chi connectivity index (χ1v) is 7.53. The van der Waals surface area contributed by atoms with Crippen molar-refractivity contribution in [2.75, 3.05) is 11.5 Å². The lowest BCUT2D eigenvalue weighted by atomic mass is 10.1. The van der Waals surface area contributed by atoms with Crippen molar-refractivity contribution in [3.8, 4) is 0 Å². The molecule has 1 aliphatic heterocycles. The van der Waals surface area contributed by atoms with Gasteiger partial charge < -0.3 is 10.4 Å². The van der Waals surface area contributed by atoms with Gasteiger partial charge in [0.1, 0.15) is 0 Å². The van der Waals surface area contributed by atoms with Crippen LogP contribution < -0.4 is 5.32 Å². The first kappa shape index (κ1) is 11.4. The van der Waals surface area contributed by atoms with Gasteiger partial charge in [-0.1, -0.05) is 0 Å². The molecule has 2 N–H and O–H groups in total. The molecule has 0 aromatic heterocycles. The molecule has 2 aliphatic rings. The van der Waals surface area contributed by atoms with Crippen LogP contribution in [0.3, 0.4) is 0 Å². The maximum atomic E-state index is 11.4. The molecule has 0 aromatic carbocycles. The van der Waals surface area contributed by atoms with Gasteiger partial charge in [0.25, 0.3) is 0 Å². The second-order valence-electron chi connectivity index (χ2n) is 4.72. The van der Waals surface area contributed by atoms with Crippen LogP contribution >= 0.6 is 0 Å². The smallest absolute Gasteiger partial charge is 0.151 e. The summed E-state index contributed by atoms with van der Waals surface area (Å²) >= 11 is 0. The lowest BCUT2D eigenvalue weighted by molar-refractivity contribution is 0.143. The minimum absolute atomic E-state index is 0.0569. The van der Waals surface area contributed by atoms with Crippen LogP contribution in [0.5, 0.6) is 0 Å². The van der Waals surface area contributed by atoms with Crippen LogP contribution in [0.4, 0.5) is 0 Å². The van der Waals surface area contributed by atoms with Crippen molar-refractivity contribution in [2.24, 2.45) is 0 Å². The van der Waals surface area contributed by atoms with Gasteiger partial charge in [-0.25, -0.2) is 8.42 Å². The van der Waals surface area contributed by atoms with Crippen molar-refractivity contribution in [2.45, 2.75) is 50.3 Å². The van der Waals surface area contributed by atoms with Crippen LogP contribution in [0.15, 0.2) is 0 Å². The highest BCUT2D eigenvalue weighted by molar-refractivity contribution is 7.91. The summed E-state index contributed by atoms with van der Waals surface area (Å²) in [5, 5.41) is 12.9. The molecule has 2 fully saturated rings. The van der Waals surface area contributed by atoms with Crippen LogP contribution in [-0.2, 0) is 9.84 Å². The molecule has 5 heteroatoms. The van der Waals surface area contributed by atoms with E-state index in [0.717, 1.165) is 32.1 Å². The molecule has 3 atom stereocenters. The van der Waals surface area contributed by atoms with E-state index in [9.17, 15) is 13.5 Å². The Hall–Kier alpha value is -0.130. The van der Waals surface area contributed by atoms with Crippen molar-refractivity contribution in [3.63, 3.8) is 0 Å². The fourth-order valence-electron chi connectivity index (χ4n) is 2.59. The highest BCUT2D eigenvalue weighted by Crippen LogP contribution is 2.21. The predicted molar refractivity (Wildman–Crippen MR) is 58.5 cm³/mol. The molecule has 0 amide bonds. The normalized spacial score (nSPS) is 40.5. The topological polar surface area (TPSA) is 66.4 Å². The third kappa shape index (κ3) is 2.92. The third-order valence-corrected chi connectivity index (χ3v) is 5.21. The number of aliphatic hydroxyl groups is 1. The Morgan fingerprint density at radius 1 is 1.13 bits per heavy atom. The van der Waals surface area contributed by atoms with Crippen LogP contribution in [-0.4, -0.2) is 43.2 Å². The summed E-state index contributed by atoms with van der Waals surface area (Å²) < 4.78 is 22.8. The van der Waals surface area contributed by atoms with Gasteiger partial charge in [-0.3, -0.25) is 0 Å². The zero-order valence-corrected chi connectivity index (χ0v) is 9.67. The molecule has 0 bridgehead atoms. The maximum Gasteiger partial charge on any atom is 0.151 e. The molecular formula is C10H19NO3S. The minimum Gasteiger partial charge on any atom is -0.392 e. The van der Waals surface area contributed by atoms with Gasteiger partial charge in [-0.15, -0.1) is 0 Å². The summed E-state index contributed by atoms with van der Waals surface area (Å²) in [6.07, 6.45) is 4.24. The minimum atomic E-state index is -2.84. The molecule has 1 heterocycles. The summed E-state index contributed by atoms with van der Waals surface area (Å²) in [6, 6.07) is 0.171. The highest BCUT2D eigenvalue weighted by Gasteiger charge is 2.31. The Labute approximate surface area is 91.0 Å². The molecule has 0 radical (unpaired) electrons. The van der Waals surface area contributed by atoms with Crippen molar-refractivity contribution in [1.29, 1.82) is 0 Å². The van der Waals surface area contributed by atoms with Crippen molar-refractivity contribution in [3.05, 3.63) is 0 Å². The Bertz CT molecular complexity index is 315. The fourth-order valence-corrected chi connectivity index (χ4v) is 4.24. The van der Waals surface area contributed by atoms with E-state index in [1.807, 2.05) is 0 Å². The molecular weight excluding hydrogens is 214 g/mol. The number of hydrogen-bond acceptors (Lipinski definition) is 4. The van der Waals surface area contributed by atoms with Crippen molar-refractivity contribution >= 4 is 9.84 Å². The molecule has 15 heavy (non-hydrogen) atoms. The van der Waals surface area contributed by atoms with E-state index in [1.165, 1.54) is 0 Å². The highest BCUT2D eigenvalue weighted by atomic mass is 32.2. The average Bonchev–Trinajstić information content (AvgIpc) is 2.50. The molecule has 4 nitrogen and oxygen atoms in total. The van der Waals surface area contributed by atoms with Crippen molar-refractivity contribution in [1.82, 2.24) is 5.32 Å². The summed E-state index contributed by atoms with van der Waals surface area (Å²) in [4.78, 5) is 0. The summed E-state index contributed by atoms with van der Waals surface area (Å²) in [5.74, 6) is 0.578. The first-order valence-electron chi connectivity index (χ1n) is 5.71. The van der Waals surface area contributed by atoms with Gasteiger partial charge in [0.05, 0.1) is 17.6 Å². The van der Waals surface area contributed by atoms with Crippen LogP contribution in [0.1, 0.15) is 32.1 Å². The largest absolute Gasteiger partial charge is 0.392 e. The van der Waals surface area contributed by atoms with Gasteiger partial charge in [-0.2, -0.15) is 0 Å². The number of sulfone groups is 1. The van der Waals surface area contributed by atoms with E-state index in [0.29, 0.717) is 5.75 Å². The quantitative estimate of drug-likeness (QED) is 0.708. The van der Waals surface area contributed by atoms with E-state index in [4.69, 9.17) is 0 Å². The molecule has 0 spiro atoms. The number of hydrogen-bond donors (Lipinski definition) is 2. The molecule has 1 aliphatic carbocycles. The third-order valence-electron chi connectivity index (χ3n) is 3.39. The number of nitrogens with one attached hydrogen (secondary N) is 1. The van der Waals surface area contributed by atoms with Gasteiger partial charge in [0.15, 0.2) is 9.84 Å². The van der Waals surface area contributed by atoms with Gasteiger partial charge in [0.2, 0.25) is 0 Å². The maximum absolute atomic E-state index is 11.4. The summed E-state index contributed by atoms with van der Waals surface area (Å²) in [7, 11) is -2.84. The van der Waals surface area contributed by atoms with Gasteiger partial charge >= 0.3 is 0 Å². The second-order valence-corrected chi connectivity index (χ2v) is 6.95. The molecule has 0 aromatic rings. The molecule has 1 saturated heterocycles. The predicted octanol–water partition coefficient (Wildman–Crippen LogP) is 0.0666. The van der Waals surface area contributed by atoms with E-state index < -0.39 is 9.84 Å². The zero-order valence-electron chi connectivity index (χ0n) is 8.85. The van der Waals surface area contributed by atoms with Gasteiger partial charge in [0, 0.05) is 12.1 Å². The molecule has 3 unspecified atom stereocenters. The Balaban J connectivity index is 1.89. The lowest BCUT2D eigenvalue weighted by Crippen LogP contribution is -2.47. The van der Waals surface area contributed by atoms with Crippen LogP contribution in [0.2, 0.25) is 0 Å². The van der Waals surface area contributed by atoms with Crippen LogP contribution in [0.25, 0.3) is 0 Å². The lowest BCUT2D eigenvalue weighted by Gasteiger charge is -2.27. The number of aliphatic hydroxyl groups excluding tert-OH is 1. The molecule has 1 saturated carbocycles. The molecule has 2 rings (SSSR count). The second kappa shape index (κ2) is 4.39. The fraction of sp³-hybridized carbons (Fsp3) is 1.00. The summed E-state index contributed by atoms with van der Waals surface area (Å²) in [6.45, 7) is 0. The van der Waals surface area contributed by atoms with E-state index in [1.54, 1.807) is 0 Å². The monoisotopic (exact) mass is 233 g/mol. The Morgan fingerprint density at radius 3 is 2.53 bits per heavy atom. The van der Waals surface area contributed by atoms with E-state index >= 15 is 0 Å². The standard InChI is InChI=1S/C10H19NO3S/c12-10-5-1-4-9(10)11-8-3-2-6-15(13,14)7-8/h8-12H,1-7H2. The zero-order chi connectivity index (χ0) is 10.9. The Kier molecular flexibility index (Phi) is 3.33. The van der Waals surface area contributed by atoms with Crippen molar-refractivity contribution < 1.29 is 13.5 Å². The van der Waals surface area contributed by atoms with Crippen LogP contribution in [0, 0.1) is 0 Å². The Morgan fingerprint density at radius 2 is 1.93 bits per heavy atom. The van der Waals surface area contributed by atoms with E-state index in [-0.39, 0.29) is 23.9 Å². The number of rotatable bonds is 2.